The highest BCUT2D eigenvalue weighted by atomic mass is 35.5. The third kappa shape index (κ3) is 2.36. The maximum atomic E-state index is 11.1. The van der Waals surface area contributed by atoms with Crippen LogP contribution in [0.5, 0.6) is 0 Å². The molecule has 0 aliphatic carbocycles. The lowest BCUT2D eigenvalue weighted by atomic mass is 10.0. The second-order valence-electron chi connectivity index (χ2n) is 3.24. The predicted molar refractivity (Wildman–Crippen MR) is 51.0 cm³/mol. The van der Waals surface area contributed by atoms with Crippen molar-refractivity contribution in [2.75, 3.05) is 0 Å². The van der Waals surface area contributed by atoms with Gasteiger partial charge in [0.1, 0.15) is 6.04 Å². The van der Waals surface area contributed by atoms with Gasteiger partial charge in [-0.25, -0.2) is 4.79 Å². The number of carbonyl (C=O) groups is 2. The number of nitrogens with one attached hydrogen (secondary N) is 2. The third-order valence-corrected chi connectivity index (χ3v) is 2.56. The zero-order chi connectivity index (χ0) is 10.7. The molecular formula is C8H13ClN2O3. The van der Waals surface area contributed by atoms with Crippen molar-refractivity contribution in [1.29, 1.82) is 0 Å². The number of hydrogen-bond donors (Lipinski definition) is 3. The molecule has 6 heteroatoms. The lowest BCUT2D eigenvalue weighted by molar-refractivity contribution is -0.122. The molecule has 14 heavy (non-hydrogen) atoms. The predicted octanol–water partition coefficient (Wildman–Crippen LogP) is -0.0372. The van der Waals surface area contributed by atoms with Crippen LogP contribution in [0.15, 0.2) is 0 Å². The number of amides is 3. The number of aliphatic hydroxyl groups excluding tert-OH is 1. The summed E-state index contributed by atoms with van der Waals surface area (Å²) >= 11 is 5.84. The molecule has 1 aliphatic heterocycles. The van der Waals surface area contributed by atoms with Gasteiger partial charge in [-0.05, 0) is 6.42 Å². The molecule has 3 atom stereocenters. The highest BCUT2D eigenvalue weighted by Crippen LogP contribution is 2.14. The normalized spacial score (nSPS) is 25.5. The van der Waals surface area contributed by atoms with E-state index in [4.69, 9.17) is 11.6 Å². The summed E-state index contributed by atoms with van der Waals surface area (Å²) in [4.78, 5) is 21.9. The topological polar surface area (TPSA) is 78.4 Å². The lowest BCUT2D eigenvalue weighted by Gasteiger charge is -2.20. The minimum absolute atomic E-state index is 0.519. The monoisotopic (exact) mass is 220 g/mol. The number of urea groups is 1. The summed E-state index contributed by atoms with van der Waals surface area (Å²) in [6.45, 7) is 1.93. The average molecular weight is 221 g/mol. The number of hydrogen-bond acceptors (Lipinski definition) is 3. The molecule has 1 aliphatic rings. The zero-order valence-electron chi connectivity index (χ0n) is 7.79. The Kier molecular flexibility index (Phi) is 3.71. The minimum atomic E-state index is -1.04. The number of alkyl halides is 1. The Morgan fingerprint density at radius 3 is 2.64 bits per heavy atom. The summed E-state index contributed by atoms with van der Waals surface area (Å²) in [5.41, 5.74) is 0. The van der Waals surface area contributed by atoms with Crippen LogP contribution in [0.3, 0.4) is 0 Å². The van der Waals surface area contributed by atoms with E-state index in [-0.39, 0.29) is 0 Å². The van der Waals surface area contributed by atoms with Crippen molar-refractivity contribution in [3.63, 3.8) is 0 Å². The molecule has 1 fully saturated rings. The molecule has 0 aromatic rings. The Morgan fingerprint density at radius 2 is 2.21 bits per heavy atom. The van der Waals surface area contributed by atoms with Crippen LogP contribution in [0.25, 0.3) is 0 Å². The smallest absolute Gasteiger partial charge is 0.322 e. The molecule has 0 unspecified atom stereocenters. The van der Waals surface area contributed by atoms with Crippen molar-refractivity contribution in [3.8, 4) is 0 Å². The van der Waals surface area contributed by atoms with Crippen LogP contribution in [0.4, 0.5) is 4.79 Å². The second-order valence-corrected chi connectivity index (χ2v) is 3.80. The van der Waals surface area contributed by atoms with E-state index in [1.807, 2.05) is 12.2 Å². The van der Waals surface area contributed by atoms with Crippen LogP contribution in [-0.2, 0) is 4.79 Å². The second kappa shape index (κ2) is 4.61. The zero-order valence-corrected chi connectivity index (χ0v) is 8.54. The van der Waals surface area contributed by atoms with E-state index in [1.54, 1.807) is 0 Å². The van der Waals surface area contributed by atoms with Gasteiger partial charge in [-0.15, -0.1) is 11.6 Å². The first kappa shape index (κ1) is 11.3. The van der Waals surface area contributed by atoms with Gasteiger partial charge in [0.25, 0.3) is 5.91 Å². The standard InChI is InChI=1S/C8H13ClN2O3/c1-2-3-4(9)6(12)5-7(13)11-8(14)10-5/h4-6,12H,2-3H2,1H3,(H2,10,11,13,14)/t4-,5-,6-/m1/s1. The van der Waals surface area contributed by atoms with Gasteiger partial charge < -0.3 is 10.4 Å². The molecule has 3 N–H and O–H groups in total. The molecule has 0 radical (unpaired) electrons. The van der Waals surface area contributed by atoms with Crippen molar-refractivity contribution < 1.29 is 14.7 Å². The van der Waals surface area contributed by atoms with Gasteiger partial charge >= 0.3 is 6.03 Å². The third-order valence-electron chi connectivity index (χ3n) is 2.08. The Morgan fingerprint density at radius 1 is 1.57 bits per heavy atom. The first-order chi connectivity index (χ1) is 6.56. The molecule has 0 spiro atoms. The Balaban J connectivity index is 2.55. The summed E-state index contributed by atoms with van der Waals surface area (Å²) in [7, 11) is 0. The summed E-state index contributed by atoms with van der Waals surface area (Å²) in [5, 5.41) is 13.5. The molecular weight excluding hydrogens is 208 g/mol. The van der Waals surface area contributed by atoms with E-state index in [2.05, 4.69) is 5.32 Å². The van der Waals surface area contributed by atoms with E-state index in [0.29, 0.717) is 6.42 Å². The fraction of sp³-hybridized carbons (Fsp3) is 0.750. The average Bonchev–Trinajstić information content (AvgIpc) is 2.44. The van der Waals surface area contributed by atoms with Crippen LogP contribution in [0.1, 0.15) is 19.8 Å². The van der Waals surface area contributed by atoms with Crippen molar-refractivity contribution >= 4 is 23.5 Å². The quantitative estimate of drug-likeness (QED) is 0.460. The van der Waals surface area contributed by atoms with Gasteiger partial charge in [-0.3, -0.25) is 10.1 Å². The number of aliphatic hydroxyl groups is 1. The van der Waals surface area contributed by atoms with Gasteiger partial charge in [0.05, 0.1) is 11.5 Å². The number of carbonyl (C=O) groups excluding carboxylic acids is 2. The largest absolute Gasteiger partial charge is 0.389 e. The van der Waals surface area contributed by atoms with E-state index in [0.717, 1.165) is 6.42 Å². The molecule has 0 saturated carbocycles. The van der Waals surface area contributed by atoms with E-state index in [1.165, 1.54) is 0 Å². The summed E-state index contributed by atoms with van der Waals surface area (Å²) < 4.78 is 0. The molecule has 0 bridgehead atoms. The first-order valence-electron chi connectivity index (χ1n) is 4.49. The fourth-order valence-corrected chi connectivity index (χ4v) is 1.69. The van der Waals surface area contributed by atoms with Crippen LogP contribution in [0.2, 0.25) is 0 Å². The van der Waals surface area contributed by atoms with Crippen molar-refractivity contribution in [1.82, 2.24) is 10.6 Å². The van der Waals surface area contributed by atoms with Crippen molar-refractivity contribution in [2.24, 2.45) is 0 Å². The number of imide groups is 1. The maximum absolute atomic E-state index is 11.1. The highest BCUT2D eigenvalue weighted by molar-refractivity contribution is 6.21. The van der Waals surface area contributed by atoms with E-state index < -0.39 is 29.5 Å². The Labute approximate surface area is 86.8 Å². The van der Waals surface area contributed by atoms with Gasteiger partial charge in [0, 0.05) is 0 Å². The van der Waals surface area contributed by atoms with E-state index in [9.17, 15) is 14.7 Å². The van der Waals surface area contributed by atoms with Gasteiger partial charge in [0.15, 0.2) is 0 Å². The lowest BCUT2D eigenvalue weighted by Crippen LogP contribution is -2.45. The van der Waals surface area contributed by atoms with Crippen LogP contribution >= 0.6 is 11.6 Å². The molecule has 5 nitrogen and oxygen atoms in total. The summed E-state index contributed by atoms with van der Waals surface area (Å²) in [5.74, 6) is -0.524. The molecule has 1 heterocycles. The van der Waals surface area contributed by atoms with Crippen molar-refractivity contribution in [2.45, 2.75) is 37.3 Å². The van der Waals surface area contributed by atoms with E-state index >= 15 is 0 Å². The van der Waals surface area contributed by atoms with Crippen LogP contribution in [-0.4, -0.2) is 34.6 Å². The fourth-order valence-electron chi connectivity index (χ4n) is 1.33. The molecule has 1 saturated heterocycles. The highest BCUT2D eigenvalue weighted by Gasteiger charge is 2.38. The number of halogens is 1. The maximum Gasteiger partial charge on any atom is 0.322 e. The summed E-state index contributed by atoms with van der Waals surface area (Å²) in [6.07, 6.45) is 0.374. The first-order valence-corrected chi connectivity index (χ1v) is 4.93. The Hall–Kier alpha value is -0.810. The van der Waals surface area contributed by atoms with Crippen LogP contribution in [0, 0.1) is 0 Å². The van der Waals surface area contributed by atoms with Crippen molar-refractivity contribution in [3.05, 3.63) is 0 Å². The molecule has 0 aromatic carbocycles. The van der Waals surface area contributed by atoms with Gasteiger partial charge in [0.2, 0.25) is 0 Å². The van der Waals surface area contributed by atoms with Crippen LogP contribution < -0.4 is 10.6 Å². The molecule has 3 amide bonds. The van der Waals surface area contributed by atoms with Gasteiger partial charge in [-0.1, -0.05) is 13.3 Å². The SMILES string of the molecule is CCC[C@@H](Cl)[C@@H](O)[C@H]1NC(=O)NC1=O. The Bertz CT molecular complexity index is 247. The number of rotatable bonds is 4. The minimum Gasteiger partial charge on any atom is -0.389 e. The molecule has 0 aromatic heterocycles. The van der Waals surface area contributed by atoms with Gasteiger partial charge in [-0.2, -0.15) is 0 Å². The molecule has 80 valence electrons. The summed E-state index contributed by atoms with van der Waals surface area (Å²) in [6, 6.07) is -1.50. The molecule has 1 rings (SSSR count).